The summed E-state index contributed by atoms with van der Waals surface area (Å²) in [6.45, 7) is 4.00. The molecule has 3 rings (SSSR count). The minimum Gasteiger partial charge on any atom is -0.399 e. The lowest BCUT2D eigenvalue weighted by Gasteiger charge is -2.03. The largest absolute Gasteiger partial charge is 0.399 e. The van der Waals surface area contributed by atoms with Crippen LogP contribution in [0.3, 0.4) is 0 Å². The van der Waals surface area contributed by atoms with Gasteiger partial charge in [-0.2, -0.15) is 0 Å². The third-order valence-electron chi connectivity index (χ3n) is 2.75. The lowest BCUT2D eigenvalue weighted by Crippen LogP contribution is -2.06. The van der Waals surface area contributed by atoms with Crippen molar-refractivity contribution in [2.24, 2.45) is 0 Å². The Morgan fingerprint density at radius 2 is 1.61 bits per heavy atom. The number of anilines is 1. The van der Waals surface area contributed by atoms with Gasteiger partial charge in [0.2, 0.25) is 0 Å². The number of nitrogen functional groups attached to an aromatic ring is 1. The summed E-state index contributed by atoms with van der Waals surface area (Å²) in [5.41, 5.74) is 7.22. The van der Waals surface area contributed by atoms with E-state index in [4.69, 9.17) is 5.73 Å². The van der Waals surface area contributed by atoms with Crippen LogP contribution in [0, 0.1) is 0 Å². The van der Waals surface area contributed by atoms with Crippen LogP contribution in [-0.4, -0.2) is 4.98 Å². The van der Waals surface area contributed by atoms with E-state index in [9.17, 15) is 4.79 Å². The highest BCUT2D eigenvalue weighted by molar-refractivity contribution is 6.06. The Kier molecular flexibility index (Phi) is 3.33. The fraction of sp³-hybridized carbons (Fsp3) is 0.133. The third kappa shape index (κ3) is 1.95. The number of benzene rings is 2. The Morgan fingerprint density at radius 3 is 2.33 bits per heavy atom. The van der Waals surface area contributed by atoms with Crippen molar-refractivity contribution in [3.63, 3.8) is 0 Å². The van der Waals surface area contributed by atoms with E-state index in [1.54, 1.807) is 6.07 Å². The van der Waals surface area contributed by atoms with E-state index >= 15 is 0 Å². The number of aromatic nitrogens is 1. The Morgan fingerprint density at radius 1 is 0.944 bits per heavy atom. The molecule has 0 radical (unpaired) electrons. The van der Waals surface area contributed by atoms with Gasteiger partial charge in [0.1, 0.15) is 0 Å². The normalized spacial score (nSPS) is 10.1. The minimum atomic E-state index is -0.0622. The lowest BCUT2D eigenvalue weighted by molar-refractivity contribution is 1.34. The molecule has 0 saturated carbocycles. The number of fused-ring (bicyclic) bond motifs is 3. The van der Waals surface area contributed by atoms with Crippen molar-refractivity contribution in [1.82, 2.24) is 4.98 Å². The number of H-pyrrole nitrogens is 1. The van der Waals surface area contributed by atoms with Gasteiger partial charge in [-0.25, -0.2) is 0 Å². The monoisotopic (exact) mass is 240 g/mol. The highest BCUT2D eigenvalue weighted by atomic mass is 16.1. The number of rotatable bonds is 0. The number of aromatic amines is 1. The van der Waals surface area contributed by atoms with E-state index in [1.807, 2.05) is 50.2 Å². The van der Waals surface area contributed by atoms with Gasteiger partial charge >= 0.3 is 0 Å². The lowest BCUT2D eigenvalue weighted by atomic mass is 10.1. The van der Waals surface area contributed by atoms with E-state index in [0.717, 1.165) is 16.3 Å². The van der Waals surface area contributed by atoms with Gasteiger partial charge in [-0.15, -0.1) is 0 Å². The molecule has 1 aromatic heterocycles. The molecule has 18 heavy (non-hydrogen) atoms. The Labute approximate surface area is 105 Å². The molecule has 3 N–H and O–H groups in total. The molecule has 0 spiro atoms. The zero-order valence-corrected chi connectivity index (χ0v) is 10.5. The van der Waals surface area contributed by atoms with Crippen LogP contribution in [0.5, 0.6) is 0 Å². The topological polar surface area (TPSA) is 58.9 Å². The molecule has 0 aliphatic heterocycles. The molecule has 92 valence electrons. The zero-order chi connectivity index (χ0) is 13.1. The molecule has 0 fully saturated rings. The molecule has 1 heterocycles. The molecule has 0 aliphatic carbocycles. The maximum Gasteiger partial charge on any atom is 0.256 e. The first-order valence-electron chi connectivity index (χ1n) is 6.06. The molecule has 3 aromatic rings. The number of nitrogens with two attached hydrogens (primary N) is 1. The van der Waals surface area contributed by atoms with Crippen molar-refractivity contribution in [2.45, 2.75) is 13.8 Å². The first-order chi connectivity index (χ1) is 8.75. The summed E-state index contributed by atoms with van der Waals surface area (Å²) in [5, 5.41) is 2.62. The van der Waals surface area contributed by atoms with Crippen molar-refractivity contribution in [1.29, 1.82) is 0 Å². The highest BCUT2D eigenvalue weighted by Gasteiger charge is 2.03. The van der Waals surface area contributed by atoms with Crippen molar-refractivity contribution >= 4 is 27.4 Å². The van der Waals surface area contributed by atoms with Gasteiger partial charge in [0, 0.05) is 22.0 Å². The first kappa shape index (κ1) is 12.2. The second-order valence-electron chi connectivity index (χ2n) is 3.80. The number of hydrogen-bond donors (Lipinski definition) is 2. The molecular weight excluding hydrogens is 224 g/mol. The highest BCUT2D eigenvalue weighted by Crippen LogP contribution is 2.22. The second kappa shape index (κ2) is 4.92. The summed E-state index contributed by atoms with van der Waals surface area (Å²) in [6.07, 6.45) is 0. The van der Waals surface area contributed by atoms with Crippen LogP contribution in [0.4, 0.5) is 5.69 Å². The van der Waals surface area contributed by atoms with Gasteiger partial charge in [0.05, 0.1) is 0 Å². The predicted molar refractivity (Wildman–Crippen MR) is 77.8 cm³/mol. The Balaban J connectivity index is 0.000000574. The fourth-order valence-corrected chi connectivity index (χ4v) is 2.00. The molecule has 0 amide bonds. The van der Waals surface area contributed by atoms with Crippen molar-refractivity contribution in [3.8, 4) is 0 Å². The van der Waals surface area contributed by atoms with Crippen LogP contribution in [-0.2, 0) is 0 Å². The maximum absolute atomic E-state index is 11.8. The molecule has 3 nitrogen and oxygen atoms in total. The van der Waals surface area contributed by atoms with Gasteiger partial charge in [0.25, 0.3) is 5.56 Å². The first-order valence-corrected chi connectivity index (χ1v) is 6.06. The van der Waals surface area contributed by atoms with Gasteiger partial charge in [0.15, 0.2) is 0 Å². The molecule has 2 aromatic carbocycles. The summed E-state index contributed by atoms with van der Waals surface area (Å²) in [4.78, 5) is 14.6. The van der Waals surface area contributed by atoms with Gasteiger partial charge < -0.3 is 10.7 Å². The Bertz CT molecular complexity index is 744. The fourth-order valence-electron chi connectivity index (χ4n) is 2.00. The summed E-state index contributed by atoms with van der Waals surface area (Å²) < 4.78 is 0. The van der Waals surface area contributed by atoms with Gasteiger partial charge in [-0.1, -0.05) is 32.0 Å². The number of hydrogen-bond acceptors (Lipinski definition) is 2. The average Bonchev–Trinajstić information content (AvgIpc) is 2.42. The summed E-state index contributed by atoms with van der Waals surface area (Å²) in [6, 6.07) is 13.0. The van der Waals surface area contributed by atoms with Crippen LogP contribution in [0.25, 0.3) is 21.7 Å². The maximum atomic E-state index is 11.8. The molecule has 0 saturated heterocycles. The Hall–Kier alpha value is -2.29. The van der Waals surface area contributed by atoms with E-state index in [-0.39, 0.29) is 5.56 Å². The molecule has 0 aliphatic rings. The van der Waals surface area contributed by atoms with E-state index < -0.39 is 0 Å². The summed E-state index contributed by atoms with van der Waals surface area (Å²) in [7, 11) is 0. The van der Waals surface area contributed by atoms with E-state index in [0.29, 0.717) is 11.1 Å². The van der Waals surface area contributed by atoms with Crippen LogP contribution in [0.1, 0.15) is 13.8 Å². The molecule has 0 unspecified atom stereocenters. The van der Waals surface area contributed by atoms with Crippen LogP contribution < -0.4 is 11.3 Å². The van der Waals surface area contributed by atoms with Crippen LogP contribution in [0.2, 0.25) is 0 Å². The zero-order valence-electron chi connectivity index (χ0n) is 10.5. The molecule has 0 atom stereocenters. The van der Waals surface area contributed by atoms with Crippen LogP contribution >= 0.6 is 0 Å². The quantitative estimate of drug-likeness (QED) is 0.468. The molecule has 3 heteroatoms. The smallest absolute Gasteiger partial charge is 0.256 e. The van der Waals surface area contributed by atoms with Crippen LogP contribution in [0.15, 0.2) is 47.3 Å². The standard InChI is InChI=1S/C13H10N2O.C2H6/c14-8-5-6-12-11(7-8)9-3-1-2-4-10(9)13(16)15-12;1-2/h1-7H,14H2,(H,15,16);1-2H3. The second-order valence-corrected chi connectivity index (χ2v) is 3.80. The third-order valence-corrected chi connectivity index (χ3v) is 2.75. The van der Waals surface area contributed by atoms with Gasteiger partial charge in [-0.3, -0.25) is 4.79 Å². The van der Waals surface area contributed by atoms with Gasteiger partial charge in [-0.05, 0) is 29.7 Å². The molecular formula is C15H16N2O. The predicted octanol–water partition coefficient (Wildman–Crippen LogP) is 3.29. The summed E-state index contributed by atoms with van der Waals surface area (Å²) >= 11 is 0. The molecule has 0 bridgehead atoms. The van der Waals surface area contributed by atoms with Crippen molar-refractivity contribution in [3.05, 3.63) is 52.8 Å². The van der Waals surface area contributed by atoms with Crippen molar-refractivity contribution < 1.29 is 0 Å². The minimum absolute atomic E-state index is 0.0622. The summed E-state index contributed by atoms with van der Waals surface area (Å²) in [5.74, 6) is 0. The van der Waals surface area contributed by atoms with E-state index in [2.05, 4.69) is 4.98 Å². The average molecular weight is 240 g/mol. The van der Waals surface area contributed by atoms with E-state index in [1.165, 1.54) is 0 Å². The SMILES string of the molecule is CC.Nc1ccc2[nH]c(=O)c3ccccc3c2c1. The number of pyridine rings is 1. The van der Waals surface area contributed by atoms with Crippen molar-refractivity contribution in [2.75, 3.05) is 5.73 Å². The number of nitrogens with one attached hydrogen (secondary N) is 1.